The zero-order valence-electron chi connectivity index (χ0n) is 12.5. The number of fused-ring (bicyclic) bond motifs is 1. The fourth-order valence-electron chi connectivity index (χ4n) is 2.51. The summed E-state index contributed by atoms with van der Waals surface area (Å²) in [6.07, 6.45) is 1.82. The molecule has 6 heteroatoms. The molecule has 3 aromatic rings. The molecule has 4 nitrogen and oxygen atoms in total. The zero-order valence-corrected chi connectivity index (χ0v) is 14.0. The van der Waals surface area contributed by atoms with E-state index in [1.807, 2.05) is 37.6 Å². The van der Waals surface area contributed by atoms with Crippen LogP contribution in [0, 0.1) is 6.92 Å². The van der Waals surface area contributed by atoms with Crippen LogP contribution in [-0.4, -0.2) is 19.5 Å². The molecule has 0 N–H and O–H groups in total. The van der Waals surface area contributed by atoms with E-state index in [0.29, 0.717) is 0 Å². The predicted octanol–water partition coefficient (Wildman–Crippen LogP) is 4.28. The van der Waals surface area contributed by atoms with Crippen molar-refractivity contribution in [2.24, 2.45) is 0 Å². The average Bonchev–Trinajstić information content (AvgIpc) is 3.05. The van der Waals surface area contributed by atoms with Crippen LogP contribution in [-0.2, 0) is 5.54 Å². The van der Waals surface area contributed by atoms with Gasteiger partial charge in [0.1, 0.15) is 16.3 Å². The lowest BCUT2D eigenvalue weighted by atomic mass is 10.1. The van der Waals surface area contributed by atoms with Crippen molar-refractivity contribution in [3.63, 3.8) is 0 Å². The molecule has 0 radical (unpaired) electrons. The number of pyridine rings is 1. The van der Waals surface area contributed by atoms with E-state index in [1.165, 1.54) is 0 Å². The maximum Gasteiger partial charge on any atom is 0.161 e. The second-order valence-electron chi connectivity index (χ2n) is 5.61. The van der Waals surface area contributed by atoms with Gasteiger partial charge in [0.15, 0.2) is 5.65 Å². The Morgan fingerprint density at radius 2 is 2.05 bits per heavy atom. The third kappa shape index (κ3) is 2.34. The molecule has 0 aromatic carbocycles. The number of thiazole rings is 1. The Bertz CT molecular complexity index is 774. The molecular formula is C15H17ClN4S. The molecule has 0 saturated heterocycles. The van der Waals surface area contributed by atoms with E-state index in [9.17, 15) is 0 Å². The summed E-state index contributed by atoms with van der Waals surface area (Å²) >= 11 is 7.99. The molecule has 0 aliphatic heterocycles. The van der Waals surface area contributed by atoms with Gasteiger partial charge < -0.3 is 0 Å². The minimum absolute atomic E-state index is 0.196. The number of halogens is 1. The van der Waals surface area contributed by atoms with Gasteiger partial charge in [-0.1, -0.05) is 0 Å². The number of aromatic nitrogens is 4. The Balaban J connectivity index is 2.34. The summed E-state index contributed by atoms with van der Waals surface area (Å²) in [4.78, 5) is 13.8. The first-order valence-corrected chi connectivity index (χ1v) is 8.13. The monoisotopic (exact) mass is 320 g/mol. The van der Waals surface area contributed by atoms with Crippen molar-refractivity contribution in [2.45, 2.75) is 38.6 Å². The summed E-state index contributed by atoms with van der Waals surface area (Å²) in [7, 11) is 0. The summed E-state index contributed by atoms with van der Waals surface area (Å²) in [5.74, 6) is 0.824. The lowest BCUT2D eigenvalue weighted by Gasteiger charge is -2.27. The molecule has 1 atom stereocenters. The highest BCUT2D eigenvalue weighted by Gasteiger charge is 2.32. The van der Waals surface area contributed by atoms with Crippen molar-refractivity contribution in [2.75, 3.05) is 0 Å². The number of nitrogens with zero attached hydrogens (tertiary/aromatic N) is 4. The van der Waals surface area contributed by atoms with Crippen molar-refractivity contribution < 1.29 is 0 Å². The van der Waals surface area contributed by atoms with Gasteiger partial charge in [-0.25, -0.2) is 15.0 Å². The van der Waals surface area contributed by atoms with Gasteiger partial charge in [0.25, 0.3) is 0 Å². The van der Waals surface area contributed by atoms with E-state index in [-0.39, 0.29) is 10.9 Å². The van der Waals surface area contributed by atoms with E-state index in [4.69, 9.17) is 11.6 Å². The maximum atomic E-state index is 6.36. The van der Waals surface area contributed by atoms with Gasteiger partial charge in [-0.05, 0) is 39.8 Å². The minimum atomic E-state index is -0.345. The van der Waals surface area contributed by atoms with Gasteiger partial charge in [-0.3, -0.25) is 4.57 Å². The van der Waals surface area contributed by atoms with Gasteiger partial charge in [-0.2, -0.15) is 0 Å². The first-order chi connectivity index (χ1) is 9.91. The fourth-order valence-corrected chi connectivity index (χ4v) is 3.41. The normalized spacial score (nSPS) is 13.8. The number of hydrogen-bond donors (Lipinski definition) is 0. The van der Waals surface area contributed by atoms with Crippen LogP contribution in [0.3, 0.4) is 0 Å². The maximum absolute atomic E-state index is 6.36. The zero-order chi connectivity index (χ0) is 15.2. The molecular weight excluding hydrogens is 304 g/mol. The standard InChI is InChI=1S/C15H17ClN4S/c1-9-5-6-11-13(18-9)20(12(19-11)10(2)16)15(3,4)14-17-7-8-21-14/h5-8,10H,1-4H3. The summed E-state index contributed by atoms with van der Waals surface area (Å²) in [5.41, 5.74) is 2.35. The second kappa shape index (κ2) is 5.07. The third-order valence-corrected chi connectivity index (χ3v) is 4.82. The van der Waals surface area contributed by atoms with Gasteiger partial charge in [0.05, 0.1) is 10.9 Å². The molecule has 3 heterocycles. The molecule has 0 saturated carbocycles. The van der Waals surface area contributed by atoms with Gasteiger partial charge >= 0.3 is 0 Å². The molecule has 1 unspecified atom stereocenters. The molecule has 0 spiro atoms. The quantitative estimate of drug-likeness (QED) is 0.676. The van der Waals surface area contributed by atoms with Crippen LogP contribution in [0.5, 0.6) is 0 Å². The fraction of sp³-hybridized carbons (Fsp3) is 0.400. The second-order valence-corrected chi connectivity index (χ2v) is 7.16. The lowest BCUT2D eigenvalue weighted by Crippen LogP contribution is -2.30. The van der Waals surface area contributed by atoms with E-state index < -0.39 is 0 Å². The number of rotatable bonds is 3. The smallest absolute Gasteiger partial charge is 0.161 e. The van der Waals surface area contributed by atoms with E-state index in [1.54, 1.807) is 11.3 Å². The molecule has 3 rings (SSSR count). The van der Waals surface area contributed by atoms with Crippen molar-refractivity contribution in [1.82, 2.24) is 19.5 Å². The molecule has 3 aromatic heterocycles. The molecule has 0 bridgehead atoms. The first kappa shape index (κ1) is 14.5. The van der Waals surface area contributed by atoms with Crippen molar-refractivity contribution in [3.8, 4) is 0 Å². The summed E-state index contributed by atoms with van der Waals surface area (Å²) in [5, 5.41) is 2.81. The Kier molecular flexibility index (Phi) is 3.50. The predicted molar refractivity (Wildman–Crippen MR) is 87.1 cm³/mol. The lowest BCUT2D eigenvalue weighted by molar-refractivity contribution is 0.427. The Morgan fingerprint density at radius 1 is 1.29 bits per heavy atom. The molecule has 0 aliphatic rings. The van der Waals surface area contributed by atoms with E-state index >= 15 is 0 Å². The van der Waals surface area contributed by atoms with Gasteiger partial charge in [0.2, 0.25) is 0 Å². The summed E-state index contributed by atoms with van der Waals surface area (Å²) in [6.45, 7) is 8.17. The average molecular weight is 321 g/mol. The number of aryl methyl sites for hydroxylation is 1. The third-order valence-electron chi connectivity index (χ3n) is 3.54. The number of hydrogen-bond acceptors (Lipinski definition) is 4. The molecule has 0 fully saturated rings. The van der Waals surface area contributed by atoms with Crippen LogP contribution in [0.15, 0.2) is 23.7 Å². The van der Waals surface area contributed by atoms with Crippen molar-refractivity contribution in [3.05, 3.63) is 40.2 Å². The van der Waals surface area contributed by atoms with Crippen LogP contribution in [0.1, 0.15) is 42.7 Å². The van der Waals surface area contributed by atoms with Gasteiger partial charge in [-0.15, -0.1) is 22.9 Å². The van der Waals surface area contributed by atoms with Crippen LogP contribution < -0.4 is 0 Å². The number of alkyl halides is 1. The minimum Gasteiger partial charge on any atom is -0.299 e. The van der Waals surface area contributed by atoms with Gasteiger partial charge in [0, 0.05) is 17.3 Å². The van der Waals surface area contributed by atoms with Crippen LogP contribution in [0.4, 0.5) is 0 Å². The highest BCUT2D eigenvalue weighted by atomic mass is 35.5. The van der Waals surface area contributed by atoms with Crippen LogP contribution >= 0.6 is 22.9 Å². The van der Waals surface area contributed by atoms with Crippen molar-refractivity contribution >= 4 is 34.1 Å². The molecule has 0 amide bonds. The topological polar surface area (TPSA) is 43.6 Å². The highest BCUT2D eigenvalue weighted by molar-refractivity contribution is 7.09. The Labute approximate surface area is 132 Å². The SMILES string of the molecule is Cc1ccc2nc(C(C)Cl)n(C(C)(C)c3nccs3)c2n1. The largest absolute Gasteiger partial charge is 0.299 e. The highest BCUT2D eigenvalue weighted by Crippen LogP contribution is 2.35. The Morgan fingerprint density at radius 3 is 2.67 bits per heavy atom. The first-order valence-electron chi connectivity index (χ1n) is 6.82. The number of imidazole rings is 1. The van der Waals surface area contributed by atoms with Crippen LogP contribution in [0.2, 0.25) is 0 Å². The van der Waals surface area contributed by atoms with Crippen molar-refractivity contribution in [1.29, 1.82) is 0 Å². The molecule has 21 heavy (non-hydrogen) atoms. The van der Waals surface area contributed by atoms with Crippen LogP contribution in [0.25, 0.3) is 11.2 Å². The summed E-state index contributed by atoms with van der Waals surface area (Å²) in [6, 6.07) is 3.97. The van der Waals surface area contributed by atoms with E-state index in [0.717, 1.165) is 27.7 Å². The molecule has 110 valence electrons. The Hall–Kier alpha value is -1.46. The summed E-state index contributed by atoms with van der Waals surface area (Å²) < 4.78 is 2.12. The van der Waals surface area contributed by atoms with E-state index in [2.05, 4.69) is 33.4 Å². The molecule has 0 aliphatic carbocycles.